The Morgan fingerprint density at radius 1 is 1.16 bits per heavy atom. The molecular formula is C24H24N2O4S. The molecule has 2 aromatic carbocycles. The minimum Gasteiger partial charge on any atom is -0.496 e. The van der Waals surface area contributed by atoms with Crippen molar-refractivity contribution in [3.05, 3.63) is 89.4 Å². The average molecular weight is 437 g/mol. The number of furan rings is 1. The fraction of sp³-hybridized carbons (Fsp3) is 0.250. The topological polar surface area (TPSA) is 63.0 Å². The number of carbonyl (C=O) groups is 2. The van der Waals surface area contributed by atoms with Gasteiger partial charge in [-0.25, -0.2) is 0 Å². The first-order valence-electron chi connectivity index (χ1n) is 9.97. The van der Waals surface area contributed by atoms with E-state index in [9.17, 15) is 9.59 Å². The van der Waals surface area contributed by atoms with Crippen LogP contribution in [0.1, 0.15) is 32.6 Å². The second-order valence-corrected chi connectivity index (χ2v) is 8.43. The Bertz CT molecular complexity index is 1050. The molecule has 3 aromatic rings. The van der Waals surface area contributed by atoms with Crippen LogP contribution >= 0.6 is 11.8 Å². The van der Waals surface area contributed by atoms with Crippen LogP contribution in [0, 0.1) is 0 Å². The number of thioether (sulfide) groups is 1. The number of hydrogen-bond donors (Lipinski definition) is 0. The number of nitrogens with zero attached hydrogens (tertiary/aromatic N) is 2. The number of para-hydroxylation sites is 1. The van der Waals surface area contributed by atoms with Crippen molar-refractivity contribution in [1.29, 1.82) is 0 Å². The Hall–Kier alpha value is -3.19. The molecule has 0 N–H and O–H groups in total. The van der Waals surface area contributed by atoms with Gasteiger partial charge in [0.05, 0.1) is 25.7 Å². The summed E-state index contributed by atoms with van der Waals surface area (Å²) in [6.07, 6.45) is 1.61. The third-order valence-corrected chi connectivity index (χ3v) is 6.52. The van der Waals surface area contributed by atoms with Crippen LogP contribution in [0.25, 0.3) is 0 Å². The van der Waals surface area contributed by atoms with E-state index >= 15 is 0 Å². The molecule has 31 heavy (non-hydrogen) atoms. The van der Waals surface area contributed by atoms with Crippen LogP contribution < -0.4 is 4.74 Å². The third-order valence-electron chi connectivity index (χ3n) is 5.26. The second kappa shape index (κ2) is 9.31. The van der Waals surface area contributed by atoms with Crippen LogP contribution in [-0.4, -0.2) is 41.5 Å². The maximum absolute atomic E-state index is 12.9. The SMILES string of the molecule is COc1ccccc1CN(C)C(=O)c1ccc(C2SCC(=O)N2Cc2ccco2)cc1. The van der Waals surface area contributed by atoms with Crippen molar-refractivity contribution in [2.45, 2.75) is 18.5 Å². The zero-order valence-corrected chi connectivity index (χ0v) is 18.3. The molecule has 1 aromatic heterocycles. The largest absolute Gasteiger partial charge is 0.496 e. The molecule has 1 aliphatic heterocycles. The van der Waals surface area contributed by atoms with Crippen molar-refractivity contribution in [1.82, 2.24) is 9.80 Å². The van der Waals surface area contributed by atoms with Crippen LogP contribution in [0.15, 0.2) is 71.3 Å². The Labute approximate surface area is 185 Å². The lowest BCUT2D eigenvalue weighted by Crippen LogP contribution is -2.28. The van der Waals surface area contributed by atoms with E-state index in [0.29, 0.717) is 24.4 Å². The summed E-state index contributed by atoms with van der Waals surface area (Å²) in [5, 5.41) is -0.0898. The Kier molecular flexibility index (Phi) is 6.32. The summed E-state index contributed by atoms with van der Waals surface area (Å²) in [7, 11) is 3.40. The summed E-state index contributed by atoms with van der Waals surface area (Å²) >= 11 is 1.59. The maximum Gasteiger partial charge on any atom is 0.253 e. The van der Waals surface area contributed by atoms with E-state index in [4.69, 9.17) is 9.15 Å². The zero-order valence-electron chi connectivity index (χ0n) is 17.5. The minimum atomic E-state index is -0.0898. The maximum atomic E-state index is 12.9. The van der Waals surface area contributed by atoms with Crippen LogP contribution in [0.3, 0.4) is 0 Å². The van der Waals surface area contributed by atoms with Crippen molar-refractivity contribution >= 4 is 23.6 Å². The normalized spacial score (nSPS) is 15.9. The first-order chi connectivity index (χ1) is 15.1. The van der Waals surface area contributed by atoms with E-state index in [1.165, 1.54) is 0 Å². The van der Waals surface area contributed by atoms with Crippen LogP contribution in [0.4, 0.5) is 0 Å². The molecule has 1 saturated heterocycles. The van der Waals surface area contributed by atoms with Crippen molar-refractivity contribution in [2.75, 3.05) is 19.9 Å². The highest BCUT2D eigenvalue weighted by Gasteiger charge is 2.33. The van der Waals surface area contributed by atoms with Gasteiger partial charge in [-0.2, -0.15) is 0 Å². The van der Waals surface area contributed by atoms with Gasteiger partial charge < -0.3 is 19.0 Å². The lowest BCUT2D eigenvalue weighted by Gasteiger charge is -2.24. The molecule has 1 atom stereocenters. The Morgan fingerprint density at radius 3 is 2.65 bits per heavy atom. The summed E-state index contributed by atoms with van der Waals surface area (Å²) in [6.45, 7) is 0.889. The molecule has 7 heteroatoms. The monoisotopic (exact) mass is 436 g/mol. The standard InChI is InChI=1S/C24H24N2O4S/c1-25(14-19-6-3-4-8-21(19)29-2)23(28)17-9-11-18(12-10-17)24-26(22(27)16-31-24)15-20-7-5-13-30-20/h3-13,24H,14-16H2,1-2H3. The molecule has 2 heterocycles. The lowest BCUT2D eigenvalue weighted by molar-refractivity contribution is -0.128. The van der Waals surface area contributed by atoms with Gasteiger partial charge in [-0.05, 0) is 35.9 Å². The summed E-state index contributed by atoms with van der Waals surface area (Å²) < 4.78 is 10.8. The Balaban J connectivity index is 1.45. The molecule has 0 spiro atoms. The Morgan fingerprint density at radius 2 is 1.94 bits per heavy atom. The highest BCUT2D eigenvalue weighted by atomic mass is 32.2. The number of methoxy groups -OCH3 is 1. The van der Waals surface area contributed by atoms with Crippen molar-refractivity contribution < 1.29 is 18.7 Å². The second-order valence-electron chi connectivity index (χ2n) is 7.36. The predicted octanol–water partition coefficient (Wildman–Crippen LogP) is 4.33. The highest BCUT2D eigenvalue weighted by molar-refractivity contribution is 8.00. The number of hydrogen-bond acceptors (Lipinski definition) is 5. The zero-order chi connectivity index (χ0) is 21.8. The van der Waals surface area contributed by atoms with E-state index in [2.05, 4.69) is 0 Å². The van der Waals surface area contributed by atoms with Crippen molar-refractivity contribution in [2.24, 2.45) is 0 Å². The molecule has 4 rings (SSSR count). The number of carbonyl (C=O) groups excluding carboxylic acids is 2. The van der Waals surface area contributed by atoms with E-state index < -0.39 is 0 Å². The summed E-state index contributed by atoms with van der Waals surface area (Å²) in [6, 6.07) is 18.9. The molecule has 1 unspecified atom stereocenters. The van der Waals surface area contributed by atoms with Gasteiger partial charge in [-0.3, -0.25) is 9.59 Å². The van der Waals surface area contributed by atoms with Gasteiger partial charge >= 0.3 is 0 Å². The molecule has 0 aliphatic carbocycles. The van der Waals surface area contributed by atoms with Gasteiger partial charge in [0.1, 0.15) is 16.9 Å². The van der Waals surface area contributed by atoms with Gasteiger partial charge in [-0.15, -0.1) is 11.8 Å². The molecule has 1 aliphatic rings. The van der Waals surface area contributed by atoms with E-state index in [1.54, 1.807) is 37.1 Å². The molecule has 1 fully saturated rings. The molecule has 6 nitrogen and oxygen atoms in total. The molecule has 2 amide bonds. The summed E-state index contributed by atoms with van der Waals surface area (Å²) in [5.41, 5.74) is 2.55. The van der Waals surface area contributed by atoms with Gasteiger partial charge in [0.15, 0.2) is 0 Å². The van der Waals surface area contributed by atoms with Gasteiger partial charge in [0.25, 0.3) is 5.91 Å². The molecule has 0 saturated carbocycles. The highest BCUT2D eigenvalue weighted by Crippen LogP contribution is 2.39. The van der Waals surface area contributed by atoms with E-state index in [-0.39, 0.29) is 17.2 Å². The van der Waals surface area contributed by atoms with Crippen LogP contribution in [0.2, 0.25) is 0 Å². The van der Waals surface area contributed by atoms with Crippen molar-refractivity contribution in [3.63, 3.8) is 0 Å². The number of ether oxygens (including phenoxy) is 1. The predicted molar refractivity (Wildman–Crippen MR) is 120 cm³/mol. The molecular weight excluding hydrogens is 412 g/mol. The van der Waals surface area contributed by atoms with Gasteiger partial charge in [0, 0.05) is 24.7 Å². The van der Waals surface area contributed by atoms with E-state index in [0.717, 1.165) is 22.6 Å². The number of amides is 2. The smallest absolute Gasteiger partial charge is 0.253 e. The quantitative estimate of drug-likeness (QED) is 0.552. The summed E-state index contributed by atoms with van der Waals surface area (Å²) in [5.74, 6) is 1.97. The molecule has 0 radical (unpaired) electrons. The third kappa shape index (κ3) is 4.61. The number of rotatable bonds is 7. The first-order valence-corrected chi connectivity index (χ1v) is 11.0. The average Bonchev–Trinajstić information content (AvgIpc) is 3.44. The summed E-state index contributed by atoms with van der Waals surface area (Å²) in [4.78, 5) is 28.8. The number of benzene rings is 2. The van der Waals surface area contributed by atoms with Gasteiger partial charge in [-0.1, -0.05) is 30.3 Å². The van der Waals surface area contributed by atoms with Crippen LogP contribution in [-0.2, 0) is 17.9 Å². The fourth-order valence-corrected chi connectivity index (χ4v) is 4.83. The molecule has 0 bridgehead atoms. The fourth-order valence-electron chi connectivity index (χ4n) is 3.64. The van der Waals surface area contributed by atoms with Crippen LogP contribution in [0.5, 0.6) is 5.75 Å². The van der Waals surface area contributed by atoms with Crippen molar-refractivity contribution in [3.8, 4) is 5.75 Å². The molecule has 160 valence electrons. The van der Waals surface area contributed by atoms with Gasteiger partial charge in [0.2, 0.25) is 5.91 Å². The minimum absolute atomic E-state index is 0.0694. The lowest BCUT2D eigenvalue weighted by atomic mass is 10.1. The van der Waals surface area contributed by atoms with E-state index in [1.807, 2.05) is 65.6 Å². The first kappa shape index (κ1) is 21.1.